The predicted molar refractivity (Wildman–Crippen MR) is 73.5 cm³/mol. The van der Waals surface area contributed by atoms with Crippen LogP contribution in [0, 0.1) is 0 Å². The number of piperidine rings is 1. The van der Waals surface area contributed by atoms with Crippen molar-refractivity contribution in [3.8, 4) is 0 Å². The zero-order valence-corrected chi connectivity index (χ0v) is 11.4. The fraction of sp³-hybridized carbons (Fsp3) is 0.600. The molecule has 4 heteroatoms. The number of nitrogens with zero attached hydrogens (tertiary/aromatic N) is 1. The summed E-state index contributed by atoms with van der Waals surface area (Å²) in [6.07, 6.45) is 3.51. The molecule has 1 aliphatic rings. The molecule has 106 valence electrons. The lowest BCUT2D eigenvalue weighted by Gasteiger charge is -2.33. The molecule has 1 aromatic rings. The summed E-state index contributed by atoms with van der Waals surface area (Å²) in [7, 11) is 2.07. The Morgan fingerprint density at radius 1 is 1.26 bits per heavy atom. The molecule has 0 radical (unpaired) electrons. The van der Waals surface area contributed by atoms with Crippen LogP contribution in [0.3, 0.4) is 0 Å². The van der Waals surface area contributed by atoms with Crippen molar-refractivity contribution in [3.05, 3.63) is 35.9 Å². The molecule has 0 aliphatic carbocycles. The summed E-state index contributed by atoms with van der Waals surface area (Å²) >= 11 is 0. The number of rotatable bonds is 5. The maximum absolute atomic E-state index is 13.9. The van der Waals surface area contributed by atoms with Crippen LogP contribution in [-0.4, -0.2) is 37.6 Å². The Kier molecular flexibility index (Phi) is 4.88. The van der Waals surface area contributed by atoms with Crippen LogP contribution in [0.4, 0.5) is 8.78 Å². The van der Waals surface area contributed by atoms with E-state index in [4.69, 9.17) is 0 Å². The van der Waals surface area contributed by atoms with E-state index in [0.717, 1.165) is 13.0 Å². The van der Waals surface area contributed by atoms with E-state index >= 15 is 0 Å². The number of benzene rings is 1. The van der Waals surface area contributed by atoms with Crippen LogP contribution in [0.5, 0.6) is 0 Å². The van der Waals surface area contributed by atoms with Crippen molar-refractivity contribution in [2.24, 2.45) is 0 Å². The molecule has 1 saturated heterocycles. The summed E-state index contributed by atoms with van der Waals surface area (Å²) in [5.41, 5.74) is 0.0829. The number of nitrogens with one attached hydrogen (secondary N) is 1. The molecule has 2 nitrogen and oxygen atoms in total. The highest BCUT2D eigenvalue weighted by molar-refractivity contribution is 5.20. The minimum absolute atomic E-state index is 0.0829. The second-order valence-electron chi connectivity index (χ2n) is 5.33. The number of likely N-dealkylation sites (tertiary alicyclic amines) is 1. The van der Waals surface area contributed by atoms with Crippen molar-refractivity contribution in [1.29, 1.82) is 0 Å². The van der Waals surface area contributed by atoms with E-state index in [0.29, 0.717) is 12.6 Å². The third kappa shape index (κ3) is 3.98. The first-order valence-electron chi connectivity index (χ1n) is 6.94. The number of hydrogen-bond donors (Lipinski definition) is 1. The highest BCUT2D eigenvalue weighted by atomic mass is 19.3. The van der Waals surface area contributed by atoms with Crippen LogP contribution in [-0.2, 0) is 5.92 Å². The zero-order valence-electron chi connectivity index (χ0n) is 11.4. The van der Waals surface area contributed by atoms with Gasteiger partial charge in [-0.1, -0.05) is 36.8 Å². The second kappa shape index (κ2) is 6.44. The summed E-state index contributed by atoms with van der Waals surface area (Å²) in [4.78, 5) is 2.26. The Balaban J connectivity index is 1.81. The number of alkyl halides is 2. The van der Waals surface area contributed by atoms with Crippen molar-refractivity contribution < 1.29 is 8.78 Å². The summed E-state index contributed by atoms with van der Waals surface area (Å²) in [6, 6.07) is 8.41. The first kappa shape index (κ1) is 14.4. The SMILES string of the molecule is CN1CCCCC1CNCC(F)(F)c1ccccc1. The Bertz CT molecular complexity index is 381. The quantitative estimate of drug-likeness (QED) is 0.883. The second-order valence-corrected chi connectivity index (χ2v) is 5.33. The third-order valence-corrected chi connectivity index (χ3v) is 3.84. The van der Waals surface area contributed by atoms with Crippen molar-refractivity contribution in [3.63, 3.8) is 0 Å². The molecule has 2 rings (SSSR count). The molecule has 1 N–H and O–H groups in total. The van der Waals surface area contributed by atoms with Gasteiger partial charge in [0.25, 0.3) is 5.92 Å². The van der Waals surface area contributed by atoms with Gasteiger partial charge in [-0.15, -0.1) is 0 Å². The van der Waals surface area contributed by atoms with Gasteiger partial charge in [0.15, 0.2) is 0 Å². The molecular weight excluding hydrogens is 246 g/mol. The largest absolute Gasteiger partial charge is 0.309 e. The van der Waals surface area contributed by atoms with Crippen molar-refractivity contribution >= 4 is 0 Å². The molecule has 1 heterocycles. The van der Waals surface area contributed by atoms with Crippen LogP contribution >= 0.6 is 0 Å². The van der Waals surface area contributed by atoms with Crippen LogP contribution in [0.2, 0.25) is 0 Å². The molecule has 1 aliphatic heterocycles. The molecule has 1 atom stereocenters. The van der Waals surface area contributed by atoms with E-state index in [9.17, 15) is 8.78 Å². The van der Waals surface area contributed by atoms with E-state index in [-0.39, 0.29) is 12.1 Å². The molecule has 0 amide bonds. The van der Waals surface area contributed by atoms with Crippen LogP contribution in [0.15, 0.2) is 30.3 Å². The lowest BCUT2D eigenvalue weighted by molar-refractivity contribution is -0.00486. The molecule has 0 saturated carbocycles. The van der Waals surface area contributed by atoms with Gasteiger partial charge in [0.2, 0.25) is 0 Å². The van der Waals surface area contributed by atoms with E-state index in [1.807, 2.05) is 0 Å². The van der Waals surface area contributed by atoms with Gasteiger partial charge in [0.1, 0.15) is 0 Å². The summed E-state index contributed by atoms with van der Waals surface area (Å²) in [5, 5.41) is 2.93. The molecule has 19 heavy (non-hydrogen) atoms. The third-order valence-electron chi connectivity index (χ3n) is 3.84. The van der Waals surface area contributed by atoms with Gasteiger partial charge >= 0.3 is 0 Å². The van der Waals surface area contributed by atoms with Gasteiger partial charge in [0.05, 0.1) is 6.54 Å². The minimum Gasteiger partial charge on any atom is -0.309 e. The monoisotopic (exact) mass is 268 g/mol. The Morgan fingerprint density at radius 2 is 2.00 bits per heavy atom. The minimum atomic E-state index is -2.80. The van der Waals surface area contributed by atoms with Crippen LogP contribution < -0.4 is 5.32 Å². The Labute approximate surface area is 113 Å². The molecule has 0 bridgehead atoms. The fourth-order valence-electron chi connectivity index (χ4n) is 2.58. The van der Waals surface area contributed by atoms with Crippen molar-refractivity contribution in [2.75, 3.05) is 26.7 Å². The molecule has 1 unspecified atom stereocenters. The molecular formula is C15H22F2N2. The molecule has 0 aromatic heterocycles. The highest BCUT2D eigenvalue weighted by Gasteiger charge is 2.31. The van der Waals surface area contributed by atoms with Crippen molar-refractivity contribution in [2.45, 2.75) is 31.2 Å². The van der Waals surface area contributed by atoms with E-state index in [2.05, 4.69) is 17.3 Å². The van der Waals surface area contributed by atoms with Gasteiger partial charge in [0, 0.05) is 18.2 Å². The maximum atomic E-state index is 13.9. The smallest absolute Gasteiger partial charge is 0.285 e. The fourth-order valence-corrected chi connectivity index (χ4v) is 2.58. The molecule has 1 fully saturated rings. The number of likely N-dealkylation sites (N-methyl/N-ethyl adjacent to an activating group) is 1. The molecule has 1 aromatic carbocycles. The maximum Gasteiger partial charge on any atom is 0.285 e. The lowest BCUT2D eigenvalue weighted by atomic mass is 10.0. The highest BCUT2D eigenvalue weighted by Crippen LogP contribution is 2.26. The zero-order chi connectivity index (χ0) is 13.7. The summed E-state index contributed by atoms with van der Waals surface area (Å²) < 4.78 is 27.9. The average Bonchev–Trinajstić information content (AvgIpc) is 2.42. The van der Waals surface area contributed by atoms with E-state index in [1.54, 1.807) is 18.2 Å². The topological polar surface area (TPSA) is 15.3 Å². The van der Waals surface area contributed by atoms with Gasteiger partial charge in [-0.3, -0.25) is 0 Å². The van der Waals surface area contributed by atoms with Crippen LogP contribution in [0.1, 0.15) is 24.8 Å². The van der Waals surface area contributed by atoms with Gasteiger partial charge in [-0.05, 0) is 26.4 Å². The lowest BCUT2D eigenvalue weighted by Crippen LogP contribution is -2.45. The summed E-state index contributed by atoms with van der Waals surface area (Å²) in [5.74, 6) is -2.80. The predicted octanol–water partition coefficient (Wildman–Crippen LogP) is 2.85. The van der Waals surface area contributed by atoms with Gasteiger partial charge in [-0.25, -0.2) is 0 Å². The Hall–Kier alpha value is -1.00. The molecule has 0 spiro atoms. The Morgan fingerprint density at radius 3 is 2.68 bits per heavy atom. The first-order valence-corrected chi connectivity index (χ1v) is 6.94. The number of halogens is 2. The van der Waals surface area contributed by atoms with Gasteiger partial charge < -0.3 is 10.2 Å². The van der Waals surface area contributed by atoms with E-state index in [1.165, 1.54) is 25.0 Å². The normalized spacial score (nSPS) is 21.5. The first-order chi connectivity index (χ1) is 9.09. The van der Waals surface area contributed by atoms with Crippen LogP contribution in [0.25, 0.3) is 0 Å². The number of hydrogen-bond acceptors (Lipinski definition) is 2. The standard InChI is InChI=1S/C15H22F2N2/c1-19-10-6-5-9-14(19)11-18-12-15(16,17)13-7-3-2-4-8-13/h2-4,7-8,14,18H,5-6,9-12H2,1H3. The van der Waals surface area contributed by atoms with Crippen molar-refractivity contribution in [1.82, 2.24) is 10.2 Å². The van der Waals surface area contributed by atoms with Gasteiger partial charge in [-0.2, -0.15) is 8.78 Å². The average molecular weight is 268 g/mol. The summed E-state index contributed by atoms with van der Waals surface area (Å²) in [6.45, 7) is 1.42. The van der Waals surface area contributed by atoms with E-state index < -0.39 is 5.92 Å².